The summed E-state index contributed by atoms with van der Waals surface area (Å²) >= 11 is 0. The highest BCUT2D eigenvalue weighted by molar-refractivity contribution is 5.94. The Labute approximate surface area is 165 Å². The third kappa shape index (κ3) is 3.24. The fraction of sp³-hybridized carbons (Fsp3) is 0.524. The highest BCUT2D eigenvalue weighted by Gasteiger charge is 2.34. The molecule has 0 saturated heterocycles. The van der Waals surface area contributed by atoms with Crippen LogP contribution in [-0.2, 0) is 24.2 Å². The Balaban J connectivity index is 1.68. The van der Waals surface area contributed by atoms with Gasteiger partial charge in [-0.15, -0.1) is 0 Å². The van der Waals surface area contributed by atoms with Crippen LogP contribution in [0.1, 0.15) is 54.2 Å². The van der Waals surface area contributed by atoms with E-state index in [1.54, 1.807) is 7.11 Å². The second-order valence-electron chi connectivity index (χ2n) is 7.37. The Morgan fingerprint density at radius 1 is 1.36 bits per heavy atom. The lowest BCUT2D eigenvalue weighted by Gasteiger charge is -2.27. The molecule has 0 aliphatic carbocycles. The van der Waals surface area contributed by atoms with Crippen LogP contribution in [0.2, 0.25) is 0 Å². The summed E-state index contributed by atoms with van der Waals surface area (Å²) in [7, 11) is 1.64. The van der Waals surface area contributed by atoms with Crippen molar-refractivity contribution in [2.75, 3.05) is 20.3 Å². The molecular weight excluding hydrogens is 358 g/mol. The summed E-state index contributed by atoms with van der Waals surface area (Å²) in [6, 6.07) is 5.70. The van der Waals surface area contributed by atoms with Gasteiger partial charge in [0.15, 0.2) is 5.69 Å². The molecule has 0 fully saturated rings. The van der Waals surface area contributed by atoms with Crippen LogP contribution in [0.4, 0.5) is 0 Å². The van der Waals surface area contributed by atoms with Crippen LogP contribution >= 0.6 is 0 Å². The lowest BCUT2D eigenvalue weighted by molar-refractivity contribution is -0.00952. The van der Waals surface area contributed by atoms with Crippen LogP contribution in [0, 0.1) is 0 Å². The first-order valence-electron chi connectivity index (χ1n) is 9.85. The predicted molar refractivity (Wildman–Crippen MR) is 104 cm³/mol. The molecule has 4 rings (SSSR count). The summed E-state index contributed by atoms with van der Waals surface area (Å²) in [5.74, 6) is 1.50. The summed E-state index contributed by atoms with van der Waals surface area (Å²) in [5, 5.41) is 4.67. The average molecular weight is 385 g/mol. The zero-order chi connectivity index (χ0) is 19.8. The van der Waals surface area contributed by atoms with Crippen molar-refractivity contribution in [3.63, 3.8) is 0 Å². The molecule has 7 nitrogen and oxygen atoms in total. The molecule has 0 bridgehead atoms. The maximum atomic E-state index is 13.5. The van der Waals surface area contributed by atoms with Gasteiger partial charge < -0.3 is 19.1 Å². The van der Waals surface area contributed by atoms with Crippen LogP contribution in [0.15, 0.2) is 18.2 Å². The molecule has 0 saturated carbocycles. The third-order valence-corrected chi connectivity index (χ3v) is 5.44. The second-order valence-corrected chi connectivity index (χ2v) is 7.37. The van der Waals surface area contributed by atoms with E-state index < -0.39 is 0 Å². The first-order valence-corrected chi connectivity index (χ1v) is 9.85. The van der Waals surface area contributed by atoms with Gasteiger partial charge in [0.25, 0.3) is 5.91 Å². The molecule has 1 amide bonds. The first-order chi connectivity index (χ1) is 13.5. The smallest absolute Gasteiger partial charge is 0.275 e. The first kappa shape index (κ1) is 18.8. The maximum absolute atomic E-state index is 13.5. The van der Waals surface area contributed by atoms with Crippen molar-refractivity contribution < 1.29 is 19.0 Å². The number of benzene rings is 1. The van der Waals surface area contributed by atoms with Gasteiger partial charge in [-0.05, 0) is 39.0 Å². The zero-order valence-electron chi connectivity index (χ0n) is 16.9. The maximum Gasteiger partial charge on any atom is 0.275 e. The van der Waals surface area contributed by atoms with Crippen molar-refractivity contribution in [2.45, 2.75) is 52.5 Å². The Kier molecular flexibility index (Phi) is 5.02. The van der Waals surface area contributed by atoms with E-state index in [0.29, 0.717) is 38.4 Å². The molecule has 0 radical (unpaired) electrons. The Morgan fingerprint density at radius 2 is 2.18 bits per heavy atom. The Bertz CT molecular complexity index is 892. The second kappa shape index (κ2) is 7.47. The van der Waals surface area contributed by atoms with Gasteiger partial charge in [0.2, 0.25) is 0 Å². The van der Waals surface area contributed by atoms with Gasteiger partial charge in [0.1, 0.15) is 18.1 Å². The number of aromatic nitrogens is 2. The number of carbonyl (C=O) groups is 1. The molecule has 28 heavy (non-hydrogen) atoms. The number of ether oxygens (including phenoxy) is 3. The number of amides is 1. The van der Waals surface area contributed by atoms with Gasteiger partial charge in [-0.2, -0.15) is 5.10 Å². The number of rotatable bonds is 3. The topological polar surface area (TPSA) is 65.8 Å². The minimum absolute atomic E-state index is 0.0518. The number of fused-ring (bicyclic) bond motifs is 2. The number of hydrogen-bond acceptors (Lipinski definition) is 5. The predicted octanol–water partition coefficient (Wildman–Crippen LogP) is 2.97. The zero-order valence-corrected chi connectivity index (χ0v) is 16.9. The molecule has 0 N–H and O–H groups in total. The molecule has 0 spiro atoms. The van der Waals surface area contributed by atoms with Gasteiger partial charge >= 0.3 is 0 Å². The van der Waals surface area contributed by atoms with E-state index in [1.165, 1.54) is 0 Å². The van der Waals surface area contributed by atoms with E-state index in [4.69, 9.17) is 14.2 Å². The van der Waals surface area contributed by atoms with Crippen LogP contribution in [-0.4, -0.2) is 47.0 Å². The molecule has 2 aromatic rings. The molecule has 2 atom stereocenters. The summed E-state index contributed by atoms with van der Waals surface area (Å²) < 4.78 is 19.0. The average Bonchev–Trinajstić information content (AvgIpc) is 2.92. The van der Waals surface area contributed by atoms with Crippen LogP contribution < -0.4 is 9.47 Å². The largest absolute Gasteiger partial charge is 0.497 e. The lowest BCUT2D eigenvalue weighted by Crippen LogP contribution is -2.34. The third-order valence-electron chi connectivity index (χ3n) is 5.44. The molecule has 1 aromatic carbocycles. The quantitative estimate of drug-likeness (QED) is 0.813. The van der Waals surface area contributed by atoms with Crippen molar-refractivity contribution in [3.8, 4) is 11.5 Å². The van der Waals surface area contributed by atoms with E-state index in [1.807, 2.05) is 48.6 Å². The highest BCUT2D eigenvalue weighted by atomic mass is 16.5. The Morgan fingerprint density at radius 3 is 2.93 bits per heavy atom. The fourth-order valence-electron chi connectivity index (χ4n) is 4.15. The molecule has 1 aromatic heterocycles. The van der Waals surface area contributed by atoms with Crippen molar-refractivity contribution in [2.24, 2.45) is 0 Å². The van der Waals surface area contributed by atoms with Gasteiger partial charge in [0.05, 0.1) is 31.6 Å². The number of aryl methyl sites for hydroxylation is 1. The van der Waals surface area contributed by atoms with E-state index >= 15 is 0 Å². The summed E-state index contributed by atoms with van der Waals surface area (Å²) in [4.78, 5) is 15.3. The van der Waals surface area contributed by atoms with Crippen molar-refractivity contribution >= 4 is 5.91 Å². The fourth-order valence-corrected chi connectivity index (χ4v) is 4.15. The molecular formula is C21H27N3O4. The van der Waals surface area contributed by atoms with Gasteiger partial charge in [-0.1, -0.05) is 0 Å². The van der Waals surface area contributed by atoms with E-state index in [9.17, 15) is 4.79 Å². The highest BCUT2D eigenvalue weighted by Crippen LogP contribution is 2.33. The molecule has 2 aliphatic rings. The number of nitrogens with zero attached hydrogens (tertiary/aromatic N) is 3. The van der Waals surface area contributed by atoms with E-state index in [2.05, 4.69) is 5.10 Å². The lowest BCUT2D eigenvalue weighted by atomic mass is 9.99. The van der Waals surface area contributed by atoms with E-state index in [-0.39, 0.29) is 18.1 Å². The van der Waals surface area contributed by atoms with Crippen LogP contribution in [0.25, 0.3) is 0 Å². The normalized spacial score (nSPS) is 21.4. The van der Waals surface area contributed by atoms with Crippen molar-refractivity contribution in [1.29, 1.82) is 0 Å². The molecule has 2 aliphatic heterocycles. The number of carbonyl (C=O) groups excluding carboxylic acids is 1. The minimum Gasteiger partial charge on any atom is -0.497 e. The summed E-state index contributed by atoms with van der Waals surface area (Å²) in [6.45, 7) is 8.26. The SMILES string of the molecule is CCn1nc(C(=O)N2CCOc3ccc(OC)cc3C2)c2c1[C@H](C)O[C@H](C)C2. The van der Waals surface area contributed by atoms with Crippen LogP contribution in [0.5, 0.6) is 11.5 Å². The van der Waals surface area contributed by atoms with Gasteiger partial charge in [-0.25, -0.2) is 0 Å². The Hall–Kier alpha value is -2.54. The van der Waals surface area contributed by atoms with E-state index in [0.717, 1.165) is 28.3 Å². The monoisotopic (exact) mass is 385 g/mol. The van der Waals surface area contributed by atoms with Gasteiger partial charge in [-0.3, -0.25) is 9.48 Å². The summed E-state index contributed by atoms with van der Waals surface area (Å²) in [5.41, 5.74) is 3.54. The van der Waals surface area contributed by atoms with Gasteiger partial charge in [0, 0.05) is 30.6 Å². The molecule has 150 valence electrons. The van der Waals surface area contributed by atoms with Crippen molar-refractivity contribution in [3.05, 3.63) is 40.7 Å². The standard InChI is InChI=1S/C21H27N3O4/c1-5-24-20-14(3)28-13(2)10-17(20)19(22-24)21(25)23-8-9-27-18-7-6-16(26-4)11-15(18)12-23/h6-7,11,13-14H,5,8-10,12H2,1-4H3/t13-,14+/m1/s1. The van der Waals surface area contributed by atoms with Crippen molar-refractivity contribution in [1.82, 2.24) is 14.7 Å². The molecule has 0 unspecified atom stereocenters. The molecule has 3 heterocycles. The molecule has 7 heteroatoms. The number of hydrogen-bond donors (Lipinski definition) is 0. The van der Waals surface area contributed by atoms with Crippen LogP contribution in [0.3, 0.4) is 0 Å². The number of methoxy groups -OCH3 is 1. The summed E-state index contributed by atoms with van der Waals surface area (Å²) in [6.07, 6.45) is 0.710. The minimum atomic E-state index is -0.0646.